The average molecular weight is 236 g/mol. The molecule has 8 heteroatoms. The average Bonchev–Trinajstić information content (AvgIpc) is 2.14. The molecule has 0 spiro atoms. The molecule has 0 saturated carbocycles. The summed E-state index contributed by atoms with van der Waals surface area (Å²) in [4.78, 5) is 29.6. The minimum absolute atomic E-state index is 0.0213. The maximum atomic E-state index is 10.1. The van der Waals surface area contributed by atoms with Gasteiger partial charge in [0.05, 0.1) is 0 Å². The van der Waals surface area contributed by atoms with Crippen molar-refractivity contribution in [1.82, 2.24) is 0 Å². The van der Waals surface area contributed by atoms with Crippen LogP contribution in [0.1, 0.15) is 19.8 Å². The van der Waals surface area contributed by atoms with Crippen molar-refractivity contribution in [2.75, 3.05) is 0 Å². The van der Waals surface area contributed by atoms with Crippen LogP contribution in [-0.4, -0.2) is 45.3 Å². The van der Waals surface area contributed by atoms with Crippen molar-refractivity contribution in [3.8, 4) is 0 Å². The van der Waals surface area contributed by atoms with E-state index >= 15 is 0 Å². The van der Waals surface area contributed by atoms with Crippen molar-refractivity contribution in [2.45, 2.75) is 31.9 Å². The van der Waals surface area contributed by atoms with Gasteiger partial charge in [-0.15, -0.1) is 0 Å². The lowest BCUT2D eigenvalue weighted by Gasteiger charge is -2.01. The third kappa shape index (κ3) is 12.3. The molecular weight excluding hydrogens is 220 g/mol. The Morgan fingerprint density at radius 1 is 1.19 bits per heavy atom. The Hall–Kier alpha value is -1.67. The van der Waals surface area contributed by atoms with Crippen molar-refractivity contribution in [3.05, 3.63) is 0 Å². The summed E-state index contributed by atoms with van der Waals surface area (Å²) < 4.78 is 0. The van der Waals surface area contributed by atoms with E-state index in [9.17, 15) is 14.4 Å². The molecule has 0 saturated heterocycles. The Balaban J connectivity index is 0. The van der Waals surface area contributed by atoms with Crippen LogP contribution >= 0.6 is 0 Å². The van der Waals surface area contributed by atoms with E-state index in [4.69, 9.17) is 26.8 Å². The molecule has 8 nitrogen and oxygen atoms in total. The van der Waals surface area contributed by atoms with Crippen molar-refractivity contribution in [3.63, 3.8) is 0 Å². The molecule has 1 unspecified atom stereocenters. The van der Waals surface area contributed by atoms with E-state index in [0.717, 1.165) is 0 Å². The summed E-state index contributed by atoms with van der Waals surface area (Å²) in [5.74, 6) is -2.83. The molecule has 0 bridgehead atoms. The van der Waals surface area contributed by atoms with Crippen molar-refractivity contribution in [2.24, 2.45) is 11.5 Å². The number of aliphatic carboxylic acids is 2. The highest BCUT2D eigenvalue weighted by molar-refractivity contribution is 5.77. The smallest absolute Gasteiger partial charge is 0.332 e. The molecule has 0 aliphatic rings. The zero-order valence-electron chi connectivity index (χ0n) is 8.79. The summed E-state index contributed by atoms with van der Waals surface area (Å²) in [7, 11) is 0. The normalized spacial score (nSPS) is 12.9. The molecule has 16 heavy (non-hydrogen) atoms. The van der Waals surface area contributed by atoms with E-state index in [1.54, 1.807) is 0 Å². The summed E-state index contributed by atoms with van der Waals surface area (Å²) >= 11 is 0. The van der Waals surface area contributed by atoms with E-state index in [1.807, 2.05) is 0 Å². The molecule has 1 amide bonds. The first-order chi connectivity index (χ1) is 7.18. The minimum Gasteiger partial charge on any atom is -0.480 e. The van der Waals surface area contributed by atoms with Gasteiger partial charge >= 0.3 is 11.9 Å². The van der Waals surface area contributed by atoms with Gasteiger partial charge in [-0.1, -0.05) is 0 Å². The highest BCUT2D eigenvalue weighted by atomic mass is 16.4. The van der Waals surface area contributed by atoms with E-state index < -0.39 is 30.0 Å². The number of carboxylic acid groups (broad SMARTS) is 2. The van der Waals surface area contributed by atoms with Crippen LogP contribution in [0.2, 0.25) is 0 Å². The van der Waals surface area contributed by atoms with Gasteiger partial charge in [-0.2, -0.15) is 0 Å². The highest BCUT2D eigenvalue weighted by Gasteiger charge is 2.11. The topological polar surface area (TPSA) is 164 Å². The van der Waals surface area contributed by atoms with Gasteiger partial charge in [0.25, 0.3) is 0 Å². The van der Waals surface area contributed by atoms with Crippen LogP contribution in [0.25, 0.3) is 0 Å². The van der Waals surface area contributed by atoms with E-state index in [0.29, 0.717) is 0 Å². The van der Waals surface area contributed by atoms with E-state index in [1.165, 1.54) is 6.92 Å². The van der Waals surface area contributed by atoms with E-state index in [-0.39, 0.29) is 12.8 Å². The lowest BCUT2D eigenvalue weighted by Crippen LogP contribution is -2.31. The zero-order chi connectivity index (χ0) is 13.3. The molecule has 94 valence electrons. The first-order valence-electron chi connectivity index (χ1n) is 4.36. The van der Waals surface area contributed by atoms with Crippen LogP contribution < -0.4 is 11.5 Å². The number of carboxylic acids is 2. The first-order valence-corrected chi connectivity index (χ1v) is 4.36. The molecule has 0 rings (SSSR count). The first kappa shape index (κ1) is 16.7. The van der Waals surface area contributed by atoms with Crippen molar-refractivity contribution in [1.29, 1.82) is 0 Å². The Labute approximate surface area is 91.8 Å². The standard InChI is InChI=1S/C5H10N2O3.C3H6O3/c6-3(5(9)10)1-2-4(7)8;1-2(4)3(5)6/h3H,1-2,6H2,(H2,7,8)(H,9,10);2,4H,1H3,(H,5,6)/t3-;/m0./s1. The zero-order valence-corrected chi connectivity index (χ0v) is 8.79. The van der Waals surface area contributed by atoms with Crippen molar-refractivity contribution < 1.29 is 29.7 Å². The molecule has 0 aromatic carbocycles. The Bertz CT molecular complexity index is 253. The summed E-state index contributed by atoms with van der Waals surface area (Å²) in [6.07, 6.45) is -1.11. The molecule has 0 aliphatic carbocycles. The number of aliphatic hydroxyl groups is 1. The summed E-state index contributed by atoms with van der Waals surface area (Å²) in [6.45, 7) is 1.20. The van der Waals surface area contributed by atoms with Gasteiger partial charge in [-0.25, -0.2) is 4.79 Å². The molecular formula is C8H16N2O6. The molecule has 7 N–H and O–H groups in total. The number of primary amides is 1. The Morgan fingerprint density at radius 2 is 1.56 bits per heavy atom. The van der Waals surface area contributed by atoms with Gasteiger partial charge in [0.2, 0.25) is 5.91 Å². The number of hydrogen-bond donors (Lipinski definition) is 5. The van der Waals surface area contributed by atoms with Crippen LogP contribution in [0.4, 0.5) is 0 Å². The number of carbonyl (C=O) groups excluding carboxylic acids is 1. The fourth-order valence-electron chi connectivity index (χ4n) is 0.421. The van der Waals surface area contributed by atoms with Crippen molar-refractivity contribution >= 4 is 17.8 Å². The molecule has 0 aromatic rings. The molecule has 0 fully saturated rings. The predicted octanol–water partition coefficient (Wildman–Crippen LogP) is -1.88. The van der Waals surface area contributed by atoms with Gasteiger partial charge in [0, 0.05) is 6.42 Å². The number of nitrogens with two attached hydrogens (primary N) is 2. The van der Waals surface area contributed by atoms with Crippen LogP contribution in [0.5, 0.6) is 0 Å². The lowest BCUT2D eigenvalue weighted by atomic mass is 10.2. The van der Waals surface area contributed by atoms with Crippen LogP contribution in [-0.2, 0) is 14.4 Å². The SMILES string of the molecule is CC(O)C(=O)O.NC(=O)CC[C@H](N)C(=O)O. The maximum absolute atomic E-state index is 10.1. The van der Waals surface area contributed by atoms with E-state index in [2.05, 4.69) is 0 Å². The lowest BCUT2D eigenvalue weighted by molar-refractivity contribution is -0.145. The summed E-state index contributed by atoms with van der Waals surface area (Å²) in [5, 5.41) is 24.0. The largest absolute Gasteiger partial charge is 0.480 e. The minimum atomic E-state index is -1.23. The Morgan fingerprint density at radius 3 is 1.75 bits per heavy atom. The third-order valence-corrected chi connectivity index (χ3v) is 1.38. The van der Waals surface area contributed by atoms with Gasteiger partial charge in [0.1, 0.15) is 12.1 Å². The monoisotopic (exact) mass is 236 g/mol. The molecule has 0 aromatic heterocycles. The summed E-state index contributed by atoms with van der Waals surface area (Å²) in [6, 6.07) is -0.979. The quantitative estimate of drug-likeness (QED) is 0.372. The maximum Gasteiger partial charge on any atom is 0.332 e. The van der Waals surface area contributed by atoms with Gasteiger partial charge < -0.3 is 26.8 Å². The van der Waals surface area contributed by atoms with Gasteiger partial charge in [-0.05, 0) is 13.3 Å². The number of rotatable bonds is 5. The van der Waals surface area contributed by atoms with Crippen LogP contribution in [0.3, 0.4) is 0 Å². The fraction of sp³-hybridized carbons (Fsp3) is 0.625. The fourth-order valence-corrected chi connectivity index (χ4v) is 0.421. The number of amides is 1. The van der Waals surface area contributed by atoms with Crippen LogP contribution in [0.15, 0.2) is 0 Å². The predicted molar refractivity (Wildman–Crippen MR) is 53.4 cm³/mol. The Kier molecular flexibility index (Phi) is 9.03. The second-order valence-corrected chi connectivity index (χ2v) is 2.96. The molecule has 0 heterocycles. The highest BCUT2D eigenvalue weighted by Crippen LogP contribution is 1.92. The number of aliphatic hydroxyl groups excluding tert-OH is 1. The number of hydrogen-bond acceptors (Lipinski definition) is 5. The summed E-state index contributed by atoms with van der Waals surface area (Å²) in [5.41, 5.74) is 9.81. The molecule has 0 radical (unpaired) electrons. The third-order valence-electron chi connectivity index (χ3n) is 1.38. The molecule has 0 aliphatic heterocycles. The van der Waals surface area contributed by atoms with Gasteiger partial charge in [0.15, 0.2) is 0 Å². The number of carbonyl (C=O) groups is 3. The van der Waals surface area contributed by atoms with Crippen LogP contribution in [0, 0.1) is 0 Å². The second-order valence-electron chi connectivity index (χ2n) is 2.96. The second kappa shape index (κ2) is 8.62. The molecule has 2 atom stereocenters. The van der Waals surface area contributed by atoms with Gasteiger partial charge in [-0.3, -0.25) is 9.59 Å².